The Labute approximate surface area is 113 Å². The van der Waals surface area contributed by atoms with Crippen molar-refractivity contribution in [1.82, 2.24) is 4.98 Å². The molecular weight excluding hydrogens is 236 g/mol. The van der Waals surface area contributed by atoms with Gasteiger partial charge in [-0.2, -0.15) is 0 Å². The first-order valence-corrected chi connectivity index (χ1v) is 7.07. The number of aromatic nitrogens is 1. The van der Waals surface area contributed by atoms with Crippen molar-refractivity contribution in [2.24, 2.45) is 17.6 Å². The van der Waals surface area contributed by atoms with Crippen molar-refractivity contribution >= 4 is 16.8 Å². The van der Waals surface area contributed by atoms with Crippen molar-refractivity contribution in [1.29, 1.82) is 0 Å². The summed E-state index contributed by atoms with van der Waals surface area (Å²) in [7, 11) is 0. The zero-order valence-electron chi connectivity index (χ0n) is 11.3. The fourth-order valence-electron chi connectivity index (χ4n) is 3.42. The van der Waals surface area contributed by atoms with Crippen LogP contribution in [0.25, 0.3) is 10.9 Å². The van der Waals surface area contributed by atoms with Gasteiger partial charge in [-0.15, -0.1) is 0 Å². The fourth-order valence-corrected chi connectivity index (χ4v) is 3.42. The number of H-pyrrole nitrogens is 1. The number of carbonyl (C=O) groups is 1. The molecule has 1 heterocycles. The van der Waals surface area contributed by atoms with Crippen LogP contribution >= 0.6 is 0 Å². The molecule has 0 saturated carbocycles. The van der Waals surface area contributed by atoms with Gasteiger partial charge in [0.15, 0.2) is 0 Å². The molecule has 0 spiro atoms. The van der Waals surface area contributed by atoms with E-state index in [-0.39, 0.29) is 11.8 Å². The number of aromatic amines is 1. The fraction of sp³-hybridized carbons (Fsp3) is 0.438. The monoisotopic (exact) mass is 256 g/mol. The van der Waals surface area contributed by atoms with Crippen molar-refractivity contribution < 1.29 is 4.79 Å². The van der Waals surface area contributed by atoms with Gasteiger partial charge in [-0.25, -0.2) is 0 Å². The number of carbonyl (C=O) groups excluding carboxylic acids is 1. The van der Waals surface area contributed by atoms with Gasteiger partial charge >= 0.3 is 0 Å². The van der Waals surface area contributed by atoms with E-state index in [4.69, 9.17) is 5.73 Å². The van der Waals surface area contributed by atoms with E-state index in [0.717, 1.165) is 25.7 Å². The van der Waals surface area contributed by atoms with E-state index in [2.05, 4.69) is 30.1 Å². The summed E-state index contributed by atoms with van der Waals surface area (Å²) in [6.45, 7) is 2.11. The third-order valence-electron chi connectivity index (χ3n) is 4.37. The normalized spacial score (nSPS) is 19.5. The van der Waals surface area contributed by atoms with Crippen molar-refractivity contribution in [3.05, 3.63) is 35.5 Å². The van der Waals surface area contributed by atoms with Gasteiger partial charge < -0.3 is 10.7 Å². The number of rotatable bonds is 4. The first-order valence-electron chi connectivity index (χ1n) is 7.07. The van der Waals surface area contributed by atoms with E-state index < -0.39 is 0 Å². The van der Waals surface area contributed by atoms with Gasteiger partial charge in [0, 0.05) is 17.6 Å². The average Bonchev–Trinajstić information content (AvgIpc) is 2.97. The number of hydrogen-bond acceptors (Lipinski definition) is 1. The standard InChI is InChI=1S/C16H20N2O/c1-2-3-14(16(17)19)13-7-11-6-10-4-5-18-15(10)9-12(11)8-13/h4-6,9,13-14,18H,2-3,7-8H2,1H3,(H2,17,19). The minimum Gasteiger partial charge on any atom is -0.369 e. The second-order valence-electron chi connectivity index (χ2n) is 5.65. The topological polar surface area (TPSA) is 58.9 Å². The van der Waals surface area contributed by atoms with Crippen molar-refractivity contribution in [3.63, 3.8) is 0 Å². The molecule has 0 saturated heterocycles. The highest BCUT2D eigenvalue weighted by molar-refractivity contribution is 5.82. The van der Waals surface area contributed by atoms with Crippen LogP contribution in [0, 0.1) is 11.8 Å². The Morgan fingerprint density at radius 2 is 2.16 bits per heavy atom. The number of hydrogen-bond donors (Lipinski definition) is 2. The van der Waals surface area contributed by atoms with Gasteiger partial charge in [0.2, 0.25) is 5.91 Å². The van der Waals surface area contributed by atoms with Crippen LogP contribution < -0.4 is 5.73 Å². The van der Waals surface area contributed by atoms with Crippen LogP contribution in [0.15, 0.2) is 24.4 Å². The van der Waals surface area contributed by atoms with Crippen LogP contribution in [0.5, 0.6) is 0 Å². The zero-order chi connectivity index (χ0) is 13.4. The summed E-state index contributed by atoms with van der Waals surface area (Å²) in [5.74, 6) is 0.278. The quantitative estimate of drug-likeness (QED) is 0.868. The molecule has 3 rings (SSSR count). The van der Waals surface area contributed by atoms with E-state index in [9.17, 15) is 4.79 Å². The highest BCUT2D eigenvalue weighted by atomic mass is 16.1. The first-order chi connectivity index (χ1) is 9.19. The Balaban J connectivity index is 1.88. The molecule has 1 aliphatic carbocycles. The zero-order valence-corrected chi connectivity index (χ0v) is 11.3. The molecule has 1 aliphatic rings. The molecule has 2 unspecified atom stereocenters. The van der Waals surface area contributed by atoms with Crippen LogP contribution in [-0.2, 0) is 17.6 Å². The summed E-state index contributed by atoms with van der Waals surface area (Å²) in [6.07, 6.45) is 5.87. The second kappa shape index (κ2) is 4.72. The van der Waals surface area contributed by atoms with E-state index in [0.29, 0.717) is 5.92 Å². The molecule has 1 aromatic carbocycles. The van der Waals surface area contributed by atoms with Crippen molar-refractivity contribution in [3.8, 4) is 0 Å². The Hall–Kier alpha value is -1.77. The maximum absolute atomic E-state index is 11.6. The van der Waals surface area contributed by atoms with E-state index in [1.54, 1.807) is 0 Å². The molecule has 0 fully saturated rings. The molecule has 3 N–H and O–H groups in total. The number of primary amides is 1. The van der Waals surface area contributed by atoms with Gasteiger partial charge in [-0.1, -0.05) is 13.3 Å². The Bertz CT molecular complexity index is 574. The number of nitrogens with one attached hydrogen (secondary N) is 1. The van der Waals surface area contributed by atoms with Crippen LogP contribution in [0.1, 0.15) is 30.9 Å². The molecule has 0 radical (unpaired) electrons. The minimum atomic E-state index is -0.134. The molecule has 0 bridgehead atoms. The molecule has 19 heavy (non-hydrogen) atoms. The molecule has 1 aromatic heterocycles. The molecule has 3 nitrogen and oxygen atoms in total. The van der Waals surface area contributed by atoms with E-state index in [1.807, 2.05) is 6.20 Å². The third-order valence-corrected chi connectivity index (χ3v) is 4.37. The summed E-state index contributed by atoms with van der Waals surface area (Å²) < 4.78 is 0. The lowest BCUT2D eigenvalue weighted by atomic mass is 9.86. The molecule has 2 aromatic rings. The van der Waals surface area contributed by atoms with Gasteiger partial charge in [0.1, 0.15) is 0 Å². The maximum atomic E-state index is 11.6. The largest absolute Gasteiger partial charge is 0.369 e. The Morgan fingerprint density at radius 3 is 2.84 bits per heavy atom. The minimum absolute atomic E-state index is 0.0238. The summed E-state index contributed by atoms with van der Waals surface area (Å²) in [6, 6.07) is 6.58. The molecular formula is C16H20N2O. The molecule has 2 atom stereocenters. The maximum Gasteiger partial charge on any atom is 0.220 e. The third kappa shape index (κ3) is 2.14. The average molecular weight is 256 g/mol. The Morgan fingerprint density at radius 1 is 1.42 bits per heavy atom. The molecule has 0 aliphatic heterocycles. The predicted molar refractivity (Wildman–Crippen MR) is 76.8 cm³/mol. The summed E-state index contributed by atoms with van der Waals surface area (Å²) in [4.78, 5) is 14.9. The molecule has 3 heteroatoms. The van der Waals surface area contributed by atoms with Gasteiger partial charge in [0.05, 0.1) is 0 Å². The Kier molecular flexibility index (Phi) is 3.05. The first kappa shape index (κ1) is 12.3. The highest BCUT2D eigenvalue weighted by Crippen LogP contribution is 2.35. The number of fused-ring (bicyclic) bond motifs is 2. The van der Waals surface area contributed by atoms with Crippen molar-refractivity contribution in [2.75, 3.05) is 0 Å². The molecule has 100 valence electrons. The number of nitrogens with two attached hydrogens (primary N) is 1. The van der Waals surface area contributed by atoms with Gasteiger partial charge in [-0.05, 0) is 59.9 Å². The van der Waals surface area contributed by atoms with Crippen LogP contribution in [0.2, 0.25) is 0 Å². The SMILES string of the molecule is CCCC(C(N)=O)C1Cc2cc3cc[nH]c3cc2C1. The van der Waals surface area contributed by atoms with Gasteiger partial charge in [0.25, 0.3) is 0 Å². The van der Waals surface area contributed by atoms with Crippen LogP contribution in [0.4, 0.5) is 0 Å². The molecule has 1 amide bonds. The van der Waals surface area contributed by atoms with E-state index in [1.165, 1.54) is 22.0 Å². The van der Waals surface area contributed by atoms with Crippen LogP contribution in [0.3, 0.4) is 0 Å². The lowest BCUT2D eigenvalue weighted by molar-refractivity contribution is -0.123. The number of benzene rings is 1. The summed E-state index contributed by atoms with van der Waals surface area (Å²) in [5.41, 5.74) is 9.52. The van der Waals surface area contributed by atoms with E-state index >= 15 is 0 Å². The lowest BCUT2D eigenvalue weighted by Crippen LogP contribution is -2.30. The van der Waals surface area contributed by atoms with Crippen LogP contribution in [-0.4, -0.2) is 10.9 Å². The summed E-state index contributed by atoms with van der Waals surface area (Å²) in [5, 5.41) is 1.26. The van der Waals surface area contributed by atoms with Crippen molar-refractivity contribution in [2.45, 2.75) is 32.6 Å². The highest BCUT2D eigenvalue weighted by Gasteiger charge is 2.31. The van der Waals surface area contributed by atoms with Gasteiger partial charge in [-0.3, -0.25) is 4.79 Å². The lowest BCUT2D eigenvalue weighted by Gasteiger charge is -2.19. The smallest absolute Gasteiger partial charge is 0.220 e. The summed E-state index contributed by atoms with van der Waals surface area (Å²) >= 11 is 0. The predicted octanol–water partition coefficient (Wildman–Crippen LogP) is 2.78. The second-order valence-corrected chi connectivity index (χ2v) is 5.65. The number of amides is 1.